The van der Waals surface area contributed by atoms with Crippen LogP contribution in [0, 0.1) is 0 Å². The van der Waals surface area contributed by atoms with Crippen LogP contribution in [0.15, 0.2) is 58.6 Å². The summed E-state index contributed by atoms with van der Waals surface area (Å²) < 4.78 is 0. The molecule has 5 nitrogen and oxygen atoms in total. The van der Waals surface area contributed by atoms with Crippen LogP contribution in [-0.4, -0.2) is 23.2 Å². The van der Waals surface area contributed by atoms with Crippen LogP contribution >= 0.6 is 11.8 Å². The number of amides is 1. The third-order valence-electron chi connectivity index (χ3n) is 2.90. The van der Waals surface area contributed by atoms with Gasteiger partial charge in [0.15, 0.2) is 5.84 Å². The molecule has 0 bridgehead atoms. The number of hydrogen-bond donors (Lipinski definition) is 3. The number of rotatable bonds is 4. The molecule has 2 aromatic rings. The summed E-state index contributed by atoms with van der Waals surface area (Å²) in [6.07, 6.45) is 2.00. The number of anilines is 1. The summed E-state index contributed by atoms with van der Waals surface area (Å²) in [5, 5.41) is 14.3. The van der Waals surface area contributed by atoms with E-state index in [1.165, 1.54) is 0 Å². The quantitative estimate of drug-likeness (QED) is 0.266. The van der Waals surface area contributed by atoms with Crippen molar-refractivity contribution >= 4 is 29.2 Å². The Labute approximate surface area is 126 Å². The van der Waals surface area contributed by atoms with E-state index in [0.29, 0.717) is 11.1 Å². The van der Waals surface area contributed by atoms with Gasteiger partial charge in [0.25, 0.3) is 5.91 Å². The predicted octanol–water partition coefficient (Wildman–Crippen LogP) is 2.76. The van der Waals surface area contributed by atoms with Crippen LogP contribution in [-0.2, 0) is 0 Å². The molecule has 6 heteroatoms. The third-order valence-corrected chi connectivity index (χ3v) is 3.64. The van der Waals surface area contributed by atoms with Crippen molar-refractivity contribution in [1.29, 1.82) is 0 Å². The molecule has 0 heterocycles. The number of hydrogen-bond acceptors (Lipinski definition) is 4. The Morgan fingerprint density at radius 2 is 1.67 bits per heavy atom. The summed E-state index contributed by atoms with van der Waals surface area (Å²) in [4.78, 5) is 13.2. The first-order valence-corrected chi connectivity index (χ1v) is 7.40. The van der Waals surface area contributed by atoms with Gasteiger partial charge in [-0.2, -0.15) is 0 Å². The van der Waals surface area contributed by atoms with Crippen LogP contribution in [0.4, 0.5) is 5.69 Å². The van der Waals surface area contributed by atoms with Crippen LogP contribution in [0.2, 0.25) is 0 Å². The minimum Gasteiger partial charge on any atom is -0.409 e. The average molecular weight is 301 g/mol. The maximum absolute atomic E-state index is 12.1. The molecule has 21 heavy (non-hydrogen) atoms. The molecule has 4 N–H and O–H groups in total. The van der Waals surface area contributed by atoms with Crippen LogP contribution in [0.1, 0.15) is 15.9 Å². The summed E-state index contributed by atoms with van der Waals surface area (Å²) >= 11 is 1.64. The molecular formula is C15H15N3O2S. The molecule has 0 saturated carbocycles. The van der Waals surface area contributed by atoms with Gasteiger partial charge in [-0.1, -0.05) is 17.3 Å². The van der Waals surface area contributed by atoms with Crippen molar-refractivity contribution in [1.82, 2.24) is 0 Å². The second-order valence-electron chi connectivity index (χ2n) is 4.25. The number of carbonyl (C=O) groups excluding carboxylic acids is 1. The predicted molar refractivity (Wildman–Crippen MR) is 85.1 cm³/mol. The van der Waals surface area contributed by atoms with Gasteiger partial charge in [-0.3, -0.25) is 4.79 Å². The van der Waals surface area contributed by atoms with E-state index >= 15 is 0 Å². The van der Waals surface area contributed by atoms with E-state index in [2.05, 4.69) is 10.5 Å². The second-order valence-corrected chi connectivity index (χ2v) is 5.12. The van der Waals surface area contributed by atoms with Crippen molar-refractivity contribution in [3.8, 4) is 0 Å². The van der Waals surface area contributed by atoms with Gasteiger partial charge in [-0.05, 0) is 42.7 Å². The molecule has 0 aliphatic heterocycles. The lowest BCUT2D eigenvalue weighted by molar-refractivity contribution is 0.102. The highest BCUT2D eigenvalue weighted by Gasteiger charge is 2.07. The van der Waals surface area contributed by atoms with E-state index in [4.69, 9.17) is 10.9 Å². The standard InChI is InChI=1S/C15H15N3O2S/c1-21-13-8-6-12(7-9-13)17-15(19)11-4-2-10(3-5-11)14(16)18-20/h2-9,20H,1H3,(H2,16,18)(H,17,19). The highest BCUT2D eigenvalue weighted by molar-refractivity contribution is 7.98. The molecule has 0 saturated heterocycles. The number of nitrogens with two attached hydrogens (primary N) is 1. The molecule has 2 aromatic carbocycles. The first kappa shape index (κ1) is 14.9. The Kier molecular flexibility index (Phi) is 4.84. The van der Waals surface area contributed by atoms with Gasteiger partial charge >= 0.3 is 0 Å². The van der Waals surface area contributed by atoms with Crippen LogP contribution in [0.25, 0.3) is 0 Å². The van der Waals surface area contributed by atoms with Crippen molar-refractivity contribution in [3.05, 3.63) is 59.7 Å². The van der Waals surface area contributed by atoms with E-state index < -0.39 is 0 Å². The molecule has 0 aliphatic rings. The Hall–Kier alpha value is -2.47. The zero-order valence-electron chi connectivity index (χ0n) is 11.4. The third kappa shape index (κ3) is 3.76. The Morgan fingerprint density at radius 1 is 1.10 bits per heavy atom. The minimum atomic E-state index is -0.210. The SMILES string of the molecule is CSc1ccc(NC(=O)c2ccc(/C(N)=N/O)cc2)cc1. The van der Waals surface area contributed by atoms with E-state index in [9.17, 15) is 4.79 Å². The van der Waals surface area contributed by atoms with Crippen LogP contribution < -0.4 is 11.1 Å². The van der Waals surface area contributed by atoms with Gasteiger partial charge < -0.3 is 16.3 Å². The fraction of sp³-hybridized carbons (Fsp3) is 0.0667. The number of benzene rings is 2. The Balaban J connectivity index is 2.09. The molecule has 0 radical (unpaired) electrons. The Morgan fingerprint density at radius 3 is 2.19 bits per heavy atom. The van der Waals surface area contributed by atoms with Gasteiger partial charge in [-0.25, -0.2) is 0 Å². The fourth-order valence-corrected chi connectivity index (χ4v) is 2.14. The highest BCUT2D eigenvalue weighted by atomic mass is 32.2. The van der Waals surface area contributed by atoms with Gasteiger partial charge in [-0.15, -0.1) is 11.8 Å². The number of nitrogens with one attached hydrogen (secondary N) is 1. The minimum absolute atomic E-state index is 0.00890. The summed E-state index contributed by atoms with van der Waals surface area (Å²) in [6.45, 7) is 0. The van der Waals surface area contributed by atoms with Gasteiger partial charge in [0.05, 0.1) is 0 Å². The van der Waals surface area contributed by atoms with E-state index in [1.807, 2.05) is 30.5 Å². The molecule has 0 aromatic heterocycles. The summed E-state index contributed by atoms with van der Waals surface area (Å²) in [5.74, 6) is -0.201. The summed E-state index contributed by atoms with van der Waals surface area (Å²) in [6, 6.07) is 14.1. The van der Waals surface area contributed by atoms with Crippen LogP contribution in [0.5, 0.6) is 0 Å². The number of thioether (sulfide) groups is 1. The summed E-state index contributed by atoms with van der Waals surface area (Å²) in [5.41, 5.74) is 7.26. The number of nitrogens with zero attached hydrogens (tertiary/aromatic N) is 1. The monoisotopic (exact) mass is 301 g/mol. The first-order valence-electron chi connectivity index (χ1n) is 6.17. The lowest BCUT2D eigenvalue weighted by Crippen LogP contribution is -2.15. The topological polar surface area (TPSA) is 87.7 Å². The number of oxime groups is 1. The molecule has 0 spiro atoms. The second kappa shape index (κ2) is 6.81. The van der Waals surface area contributed by atoms with Crippen molar-refractivity contribution in [3.63, 3.8) is 0 Å². The maximum Gasteiger partial charge on any atom is 0.255 e. The average Bonchev–Trinajstić information content (AvgIpc) is 2.55. The molecule has 0 unspecified atom stereocenters. The van der Waals surface area contributed by atoms with E-state index in [-0.39, 0.29) is 11.7 Å². The zero-order valence-corrected chi connectivity index (χ0v) is 12.2. The molecule has 2 rings (SSSR count). The van der Waals surface area contributed by atoms with Crippen molar-refractivity contribution in [2.24, 2.45) is 10.9 Å². The molecular weight excluding hydrogens is 286 g/mol. The first-order chi connectivity index (χ1) is 10.1. The lowest BCUT2D eigenvalue weighted by atomic mass is 10.1. The zero-order chi connectivity index (χ0) is 15.2. The number of amidine groups is 1. The fourth-order valence-electron chi connectivity index (χ4n) is 1.73. The maximum atomic E-state index is 12.1. The van der Waals surface area contributed by atoms with E-state index in [1.54, 1.807) is 36.0 Å². The summed E-state index contributed by atoms with van der Waals surface area (Å²) in [7, 11) is 0. The van der Waals surface area contributed by atoms with Crippen molar-refractivity contribution < 1.29 is 10.0 Å². The van der Waals surface area contributed by atoms with E-state index in [0.717, 1.165) is 10.6 Å². The Bertz CT molecular complexity index is 652. The lowest BCUT2D eigenvalue weighted by Gasteiger charge is -2.06. The normalized spacial score (nSPS) is 11.2. The largest absolute Gasteiger partial charge is 0.409 e. The molecule has 1 amide bonds. The smallest absolute Gasteiger partial charge is 0.255 e. The van der Waals surface area contributed by atoms with Crippen molar-refractivity contribution in [2.75, 3.05) is 11.6 Å². The number of carbonyl (C=O) groups is 1. The highest BCUT2D eigenvalue weighted by Crippen LogP contribution is 2.18. The van der Waals surface area contributed by atoms with Crippen LogP contribution in [0.3, 0.4) is 0 Å². The van der Waals surface area contributed by atoms with Crippen molar-refractivity contribution in [2.45, 2.75) is 4.90 Å². The molecule has 108 valence electrons. The molecule has 0 aliphatic carbocycles. The molecule has 0 atom stereocenters. The van der Waals surface area contributed by atoms with Gasteiger partial charge in [0.1, 0.15) is 0 Å². The van der Waals surface area contributed by atoms with Gasteiger partial charge in [0.2, 0.25) is 0 Å². The molecule has 0 fully saturated rings. The van der Waals surface area contributed by atoms with Gasteiger partial charge in [0, 0.05) is 21.7 Å².